The molecule has 0 radical (unpaired) electrons. The molecule has 178 valence electrons. The van der Waals surface area contributed by atoms with Crippen LogP contribution in [0.5, 0.6) is 0 Å². The van der Waals surface area contributed by atoms with Crippen LogP contribution in [0, 0.1) is 16.7 Å². The van der Waals surface area contributed by atoms with Crippen LogP contribution in [0.1, 0.15) is 74.3 Å². The van der Waals surface area contributed by atoms with Gasteiger partial charge in [0.1, 0.15) is 0 Å². The van der Waals surface area contributed by atoms with Gasteiger partial charge in [-0.1, -0.05) is 30.3 Å². The highest BCUT2D eigenvalue weighted by Crippen LogP contribution is 2.54. The number of hydrogen-bond donors (Lipinski definition) is 1. The summed E-state index contributed by atoms with van der Waals surface area (Å²) < 4.78 is 12.5. The molecule has 5 aliphatic rings. The summed E-state index contributed by atoms with van der Waals surface area (Å²) in [5.41, 5.74) is 4.25. The van der Waals surface area contributed by atoms with Crippen molar-refractivity contribution < 1.29 is 9.15 Å². The summed E-state index contributed by atoms with van der Waals surface area (Å²) in [5.74, 6) is 1.84. The van der Waals surface area contributed by atoms with Gasteiger partial charge in [0, 0.05) is 29.1 Å². The summed E-state index contributed by atoms with van der Waals surface area (Å²) in [6, 6.07) is 19.5. The van der Waals surface area contributed by atoms with E-state index in [0.717, 1.165) is 87.2 Å². The lowest BCUT2D eigenvalue weighted by atomic mass is 9.64. The van der Waals surface area contributed by atoms with Crippen LogP contribution in [-0.2, 0) is 15.8 Å². The highest BCUT2D eigenvalue weighted by Gasteiger charge is 2.51. The minimum Gasteiger partial charge on any atom is -0.420 e. The van der Waals surface area contributed by atoms with Crippen molar-refractivity contribution in [1.82, 2.24) is 10.2 Å². The Morgan fingerprint density at radius 1 is 0.943 bits per heavy atom. The third kappa shape index (κ3) is 3.65. The van der Waals surface area contributed by atoms with Crippen molar-refractivity contribution in [3.05, 3.63) is 65.5 Å². The van der Waals surface area contributed by atoms with E-state index in [1.165, 1.54) is 5.56 Å². The average Bonchev–Trinajstić information content (AvgIpc) is 3.87. The highest BCUT2D eigenvalue weighted by molar-refractivity contribution is 5.61. The second-order valence-electron chi connectivity index (χ2n) is 11.2. The third-order valence-electron chi connectivity index (χ3n) is 8.84. The van der Waals surface area contributed by atoms with Crippen molar-refractivity contribution in [2.75, 3.05) is 18.5 Å². The number of anilines is 1. The Balaban J connectivity index is 1.01. The van der Waals surface area contributed by atoms with Gasteiger partial charge in [0.05, 0.1) is 23.7 Å². The smallest absolute Gasteiger partial charge is 0.247 e. The van der Waals surface area contributed by atoms with Gasteiger partial charge in [0.25, 0.3) is 0 Å². The van der Waals surface area contributed by atoms with E-state index in [1.54, 1.807) is 0 Å². The minimum atomic E-state index is -0.225. The molecule has 3 saturated carbocycles. The van der Waals surface area contributed by atoms with Crippen LogP contribution in [0.4, 0.5) is 5.69 Å². The molecule has 35 heavy (non-hydrogen) atoms. The Kier molecular flexibility index (Phi) is 4.63. The summed E-state index contributed by atoms with van der Waals surface area (Å²) in [7, 11) is 0. The van der Waals surface area contributed by atoms with E-state index < -0.39 is 0 Å². The predicted molar refractivity (Wildman–Crippen MR) is 132 cm³/mol. The zero-order valence-electron chi connectivity index (χ0n) is 19.9. The topological polar surface area (TPSA) is 84.0 Å². The molecule has 5 fully saturated rings. The van der Waals surface area contributed by atoms with Crippen molar-refractivity contribution >= 4 is 5.69 Å². The number of rotatable bonds is 7. The van der Waals surface area contributed by atoms with E-state index in [-0.39, 0.29) is 16.4 Å². The number of nitrogens with one attached hydrogen (secondary N) is 1. The van der Waals surface area contributed by atoms with Crippen molar-refractivity contribution in [3.8, 4) is 17.5 Å². The van der Waals surface area contributed by atoms with E-state index in [1.807, 2.05) is 12.1 Å². The third-order valence-corrected chi connectivity index (χ3v) is 8.84. The first-order chi connectivity index (χ1) is 17.1. The number of fused-ring (bicyclic) bond motifs is 3. The predicted octanol–water partition coefficient (Wildman–Crippen LogP) is 6.07. The molecule has 3 aliphatic carbocycles. The van der Waals surface area contributed by atoms with Crippen LogP contribution >= 0.6 is 0 Å². The van der Waals surface area contributed by atoms with Crippen LogP contribution in [0.15, 0.2) is 52.9 Å². The van der Waals surface area contributed by atoms with E-state index in [2.05, 4.69) is 58.0 Å². The Morgan fingerprint density at radius 2 is 1.71 bits per heavy atom. The van der Waals surface area contributed by atoms with E-state index in [4.69, 9.17) is 9.15 Å². The van der Waals surface area contributed by atoms with Crippen LogP contribution in [0.25, 0.3) is 11.5 Å². The summed E-state index contributed by atoms with van der Waals surface area (Å²) in [5, 5.41) is 21.6. The molecule has 0 amide bonds. The standard InChI is InChI=1S/C29H30N4O2/c30-17-28(12-13-28)22-6-8-23(9-7-22)29-14-10-27(11-15-29,19-34-29)18-31-24-3-1-2-21(16-24)26-33-32-25(35-26)20-4-5-20/h1-3,6-9,16,20,31H,4-5,10-15,18-19H2. The number of aromatic nitrogens is 2. The molecule has 0 unspecified atom stereocenters. The molecular formula is C29H30N4O2. The number of benzene rings is 2. The van der Waals surface area contributed by atoms with Gasteiger partial charge in [0.15, 0.2) is 0 Å². The average molecular weight is 467 g/mol. The summed E-state index contributed by atoms with van der Waals surface area (Å²) in [6.07, 6.45) is 8.67. The second-order valence-corrected chi connectivity index (χ2v) is 11.2. The molecule has 6 nitrogen and oxygen atoms in total. The molecule has 2 aromatic carbocycles. The highest BCUT2D eigenvalue weighted by atomic mass is 16.5. The number of nitriles is 1. The van der Waals surface area contributed by atoms with Gasteiger partial charge < -0.3 is 14.5 Å². The van der Waals surface area contributed by atoms with Gasteiger partial charge in [-0.15, -0.1) is 10.2 Å². The maximum atomic E-state index is 9.50. The molecule has 3 heterocycles. The molecule has 0 spiro atoms. The molecule has 0 atom stereocenters. The van der Waals surface area contributed by atoms with Gasteiger partial charge in [-0.25, -0.2) is 0 Å². The molecule has 2 bridgehead atoms. The summed E-state index contributed by atoms with van der Waals surface area (Å²) in [6.45, 7) is 1.67. The quantitative estimate of drug-likeness (QED) is 0.455. The largest absolute Gasteiger partial charge is 0.420 e. The normalized spacial score (nSPS) is 28.4. The van der Waals surface area contributed by atoms with Crippen LogP contribution in [0.2, 0.25) is 0 Å². The zero-order valence-corrected chi connectivity index (χ0v) is 19.9. The van der Waals surface area contributed by atoms with Crippen molar-refractivity contribution in [1.29, 1.82) is 5.26 Å². The molecule has 6 heteroatoms. The minimum absolute atomic E-state index is 0.166. The first-order valence-electron chi connectivity index (χ1n) is 13.0. The van der Waals surface area contributed by atoms with Crippen LogP contribution in [-0.4, -0.2) is 23.3 Å². The van der Waals surface area contributed by atoms with Crippen LogP contribution < -0.4 is 5.32 Å². The van der Waals surface area contributed by atoms with Gasteiger partial charge in [0.2, 0.25) is 11.8 Å². The lowest BCUT2D eigenvalue weighted by Gasteiger charge is -2.53. The van der Waals surface area contributed by atoms with Gasteiger partial charge in [-0.3, -0.25) is 0 Å². The lowest BCUT2D eigenvalue weighted by Crippen LogP contribution is -2.51. The molecule has 2 aliphatic heterocycles. The lowest BCUT2D eigenvalue weighted by molar-refractivity contribution is -0.185. The fourth-order valence-electron chi connectivity index (χ4n) is 5.95. The monoisotopic (exact) mass is 466 g/mol. The fraction of sp³-hybridized carbons (Fsp3) is 0.483. The fourth-order valence-corrected chi connectivity index (χ4v) is 5.95. The summed E-state index contributed by atoms with van der Waals surface area (Å²) >= 11 is 0. The van der Waals surface area contributed by atoms with Gasteiger partial charge in [-0.05, 0) is 80.7 Å². The SMILES string of the molecule is N#CC1(c2ccc(C34CCC(CNc5cccc(-c6nnc(C7CC7)o6)c5)(CC3)CO4)cc2)CC1. The molecular weight excluding hydrogens is 436 g/mol. The number of nitrogens with zero attached hydrogens (tertiary/aromatic N) is 3. The first-order valence-corrected chi connectivity index (χ1v) is 13.0. The molecule has 1 N–H and O–H groups in total. The zero-order chi connectivity index (χ0) is 23.5. The van der Waals surface area contributed by atoms with Crippen molar-refractivity contribution in [3.63, 3.8) is 0 Å². The maximum absolute atomic E-state index is 9.50. The Morgan fingerprint density at radius 3 is 2.37 bits per heavy atom. The number of hydrogen-bond acceptors (Lipinski definition) is 6. The second kappa shape index (κ2) is 7.66. The van der Waals surface area contributed by atoms with E-state index >= 15 is 0 Å². The molecule has 3 aromatic rings. The van der Waals surface area contributed by atoms with Gasteiger partial charge in [-0.2, -0.15) is 5.26 Å². The molecule has 2 saturated heterocycles. The Hall–Kier alpha value is -3.17. The maximum Gasteiger partial charge on any atom is 0.247 e. The summed E-state index contributed by atoms with van der Waals surface area (Å²) in [4.78, 5) is 0. The molecule has 1 aromatic heterocycles. The Bertz CT molecular complexity index is 1270. The van der Waals surface area contributed by atoms with Gasteiger partial charge >= 0.3 is 0 Å². The van der Waals surface area contributed by atoms with E-state index in [9.17, 15) is 5.26 Å². The first kappa shape index (κ1) is 21.1. The van der Waals surface area contributed by atoms with Crippen molar-refractivity contribution in [2.45, 2.75) is 68.3 Å². The number of ether oxygens (including phenoxy) is 1. The molecule has 8 rings (SSSR count). The Labute approximate surface area is 205 Å². The van der Waals surface area contributed by atoms with Crippen LogP contribution in [0.3, 0.4) is 0 Å². The van der Waals surface area contributed by atoms with Crippen molar-refractivity contribution in [2.24, 2.45) is 5.41 Å². The van der Waals surface area contributed by atoms with E-state index in [0.29, 0.717) is 11.8 Å².